The van der Waals surface area contributed by atoms with Crippen LogP contribution in [0.2, 0.25) is 0 Å². The molecular formula is C30H34N6O5S. The van der Waals surface area contributed by atoms with Gasteiger partial charge in [0.2, 0.25) is 22.3 Å². The van der Waals surface area contributed by atoms with E-state index in [9.17, 15) is 18.0 Å². The van der Waals surface area contributed by atoms with E-state index in [-0.39, 0.29) is 30.3 Å². The third-order valence-corrected chi connectivity index (χ3v) is 8.27. The summed E-state index contributed by atoms with van der Waals surface area (Å²) in [7, 11) is 1.74. The molecule has 1 heterocycles. The number of nitrogens with one attached hydrogen (secondary N) is 2. The highest BCUT2D eigenvalue weighted by Gasteiger charge is 2.18. The molecule has 42 heavy (non-hydrogen) atoms. The molecule has 11 nitrogen and oxygen atoms in total. The Kier molecular flexibility index (Phi) is 9.71. The summed E-state index contributed by atoms with van der Waals surface area (Å²) in [6.07, 6.45) is 1.20. The van der Waals surface area contributed by atoms with Crippen LogP contribution in [0.15, 0.2) is 81.9 Å². The maximum Gasteiger partial charge on any atom is 0.240 e. The van der Waals surface area contributed by atoms with Crippen LogP contribution in [-0.2, 0) is 26.0 Å². The summed E-state index contributed by atoms with van der Waals surface area (Å²) < 4.78 is 34.7. The van der Waals surface area contributed by atoms with Crippen LogP contribution in [0.1, 0.15) is 17.7 Å². The van der Waals surface area contributed by atoms with Crippen molar-refractivity contribution in [1.82, 2.24) is 14.6 Å². The predicted molar refractivity (Wildman–Crippen MR) is 163 cm³/mol. The van der Waals surface area contributed by atoms with Gasteiger partial charge in [-0.05, 0) is 85.6 Å². The van der Waals surface area contributed by atoms with Crippen molar-refractivity contribution >= 4 is 50.3 Å². The maximum atomic E-state index is 12.7. The Labute approximate surface area is 245 Å². The zero-order chi connectivity index (χ0) is 30.3. The molecule has 0 atom stereocenters. The molecule has 0 spiro atoms. The minimum atomic E-state index is -3.73. The van der Waals surface area contributed by atoms with E-state index in [2.05, 4.69) is 20.3 Å². The van der Waals surface area contributed by atoms with Gasteiger partial charge in [0.15, 0.2) is 0 Å². The summed E-state index contributed by atoms with van der Waals surface area (Å²) in [4.78, 5) is 26.4. The van der Waals surface area contributed by atoms with E-state index in [0.717, 1.165) is 23.0 Å². The number of hydrogen-bond acceptors (Lipinski definition) is 8. The van der Waals surface area contributed by atoms with Crippen molar-refractivity contribution in [2.24, 2.45) is 10.2 Å². The van der Waals surface area contributed by atoms with Crippen LogP contribution in [0.5, 0.6) is 5.75 Å². The van der Waals surface area contributed by atoms with E-state index in [4.69, 9.17) is 4.74 Å². The summed E-state index contributed by atoms with van der Waals surface area (Å²) >= 11 is 0. The van der Waals surface area contributed by atoms with Crippen LogP contribution in [-0.4, -0.2) is 59.6 Å². The first kappa shape index (κ1) is 30.4. The molecule has 0 fully saturated rings. The fourth-order valence-corrected chi connectivity index (χ4v) is 5.50. The summed E-state index contributed by atoms with van der Waals surface area (Å²) in [5, 5.41) is 12.0. The zero-order valence-electron chi connectivity index (χ0n) is 24.0. The van der Waals surface area contributed by atoms with Gasteiger partial charge in [-0.3, -0.25) is 14.2 Å². The third kappa shape index (κ3) is 7.20. The predicted octanol–water partition coefficient (Wildman–Crippen LogP) is 4.51. The van der Waals surface area contributed by atoms with Gasteiger partial charge in [-0.15, -0.1) is 0 Å². The molecule has 4 aromatic rings. The Hall–Kier alpha value is -4.55. The lowest BCUT2D eigenvalue weighted by Crippen LogP contribution is -2.30. The number of fused-ring (bicyclic) bond motifs is 1. The molecule has 0 saturated heterocycles. The van der Waals surface area contributed by atoms with Crippen molar-refractivity contribution in [3.63, 3.8) is 0 Å². The molecule has 3 aromatic carbocycles. The topological polar surface area (TPSA) is 134 Å². The van der Waals surface area contributed by atoms with Gasteiger partial charge in [-0.1, -0.05) is 0 Å². The van der Waals surface area contributed by atoms with Crippen molar-refractivity contribution in [2.45, 2.75) is 24.7 Å². The molecule has 0 radical (unpaired) electrons. The number of aromatic nitrogens is 1. The second kappa shape index (κ2) is 13.4. The quantitative estimate of drug-likeness (QED) is 0.134. The molecule has 0 aliphatic carbocycles. The first-order valence-corrected chi connectivity index (χ1v) is 14.8. The Morgan fingerprint density at radius 3 is 2.21 bits per heavy atom. The van der Waals surface area contributed by atoms with Crippen LogP contribution < -0.4 is 19.7 Å². The van der Waals surface area contributed by atoms with Crippen LogP contribution >= 0.6 is 0 Å². The average Bonchev–Trinajstić information content (AvgIpc) is 3.25. The monoisotopic (exact) mass is 590 g/mol. The normalized spacial score (nSPS) is 11.6. The number of ether oxygens (including phenoxy) is 1. The molecule has 1 amide bonds. The molecule has 220 valence electrons. The molecule has 0 bridgehead atoms. The number of rotatable bonds is 13. The number of hydrogen-bond donors (Lipinski definition) is 2. The molecule has 0 aliphatic rings. The van der Waals surface area contributed by atoms with E-state index >= 15 is 0 Å². The van der Waals surface area contributed by atoms with Gasteiger partial charge in [0.25, 0.3) is 0 Å². The number of nitrogens with zero attached hydrogens (tertiary/aromatic N) is 4. The number of carbonyl (C=O) groups is 2. The Morgan fingerprint density at radius 2 is 1.62 bits per heavy atom. The minimum absolute atomic E-state index is 0.0765. The van der Waals surface area contributed by atoms with Gasteiger partial charge >= 0.3 is 0 Å². The fraction of sp³-hybridized carbons (Fsp3) is 0.267. The molecule has 4 rings (SSSR count). The molecular weight excluding hydrogens is 556 g/mol. The number of carbonyl (C=O) groups excluding carboxylic acids is 2. The van der Waals surface area contributed by atoms with Gasteiger partial charge in [0.05, 0.1) is 35.3 Å². The Morgan fingerprint density at radius 1 is 0.976 bits per heavy atom. The molecule has 2 N–H and O–H groups in total. The SMILES string of the molecule is COc1ccc2c(c1)c(CC(=O)NCCCNS(=O)(=O)c1ccc(/N=N/c3ccc(N(C)C)cc3)cc1)c(C)n2C=O. The lowest BCUT2D eigenvalue weighted by atomic mass is 10.1. The summed E-state index contributed by atoms with van der Waals surface area (Å²) in [6.45, 7) is 2.22. The minimum Gasteiger partial charge on any atom is -0.497 e. The number of sulfonamides is 1. The zero-order valence-corrected chi connectivity index (χ0v) is 24.8. The smallest absolute Gasteiger partial charge is 0.240 e. The van der Waals surface area contributed by atoms with Crippen molar-refractivity contribution in [2.75, 3.05) is 39.2 Å². The van der Waals surface area contributed by atoms with Gasteiger partial charge in [-0.25, -0.2) is 13.1 Å². The van der Waals surface area contributed by atoms with E-state index in [1.165, 1.54) is 16.7 Å². The number of azo groups is 1. The second-order valence-electron chi connectivity index (χ2n) is 9.81. The Bertz CT molecular complexity index is 1700. The number of amides is 1. The molecule has 12 heteroatoms. The van der Waals surface area contributed by atoms with Crippen molar-refractivity contribution < 1.29 is 22.7 Å². The highest BCUT2D eigenvalue weighted by atomic mass is 32.2. The first-order valence-electron chi connectivity index (χ1n) is 13.3. The maximum absolute atomic E-state index is 12.7. The average molecular weight is 591 g/mol. The van der Waals surface area contributed by atoms with Crippen molar-refractivity contribution in [1.29, 1.82) is 0 Å². The summed E-state index contributed by atoms with van der Waals surface area (Å²) in [5.74, 6) is 0.400. The van der Waals surface area contributed by atoms with Crippen LogP contribution in [0, 0.1) is 6.92 Å². The largest absolute Gasteiger partial charge is 0.497 e. The number of anilines is 1. The fourth-order valence-electron chi connectivity index (χ4n) is 4.43. The summed E-state index contributed by atoms with van der Waals surface area (Å²) in [5.41, 5.74) is 4.38. The van der Waals surface area contributed by atoms with Gasteiger partial charge < -0.3 is 15.0 Å². The van der Waals surface area contributed by atoms with Crippen LogP contribution in [0.3, 0.4) is 0 Å². The van der Waals surface area contributed by atoms with E-state index < -0.39 is 10.0 Å². The van der Waals surface area contributed by atoms with Gasteiger partial charge in [0, 0.05) is 44.0 Å². The molecule has 0 aliphatic heterocycles. The highest BCUT2D eigenvalue weighted by Crippen LogP contribution is 2.29. The second-order valence-corrected chi connectivity index (χ2v) is 11.6. The Balaban J connectivity index is 1.26. The standard InChI is InChI=1S/C30H34N6O5S/c1-21-27(28-18-25(41-4)12-15-29(28)36(21)20-37)19-30(38)31-16-5-17-32-42(39,40)26-13-8-23(9-14-26)34-33-22-6-10-24(11-7-22)35(2)3/h6-15,18,20,32H,5,16-17,19H2,1-4H3,(H,31,38)/b34-33+. The summed E-state index contributed by atoms with van der Waals surface area (Å²) in [6, 6.07) is 19.1. The highest BCUT2D eigenvalue weighted by molar-refractivity contribution is 7.89. The van der Waals surface area contributed by atoms with Crippen LogP contribution in [0.25, 0.3) is 10.9 Å². The molecule has 0 saturated carbocycles. The van der Waals surface area contributed by atoms with E-state index in [1.807, 2.05) is 43.3 Å². The van der Waals surface area contributed by atoms with E-state index in [1.54, 1.807) is 44.4 Å². The first-order chi connectivity index (χ1) is 20.1. The molecule has 1 aromatic heterocycles. The third-order valence-electron chi connectivity index (χ3n) is 6.79. The van der Waals surface area contributed by atoms with Crippen molar-refractivity contribution in [3.8, 4) is 5.75 Å². The van der Waals surface area contributed by atoms with Crippen LogP contribution in [0.4, 0.5) is 17.1 Å². The lowest BCUT2D eigenvalue weighted by Gasteiger charge is -2.11. The van der Waals surface area contributed by atoms with E-state index in [0.29, 0.717) is 34.8 Å². The molecule has 0 unspecified atom stereocenters. The van der Waals surface area contributed by atoms with Gasteiger partial charge in [0.1, 0.15) is 5.75 Å². The number of benzene rings is 3. The van der Waals surface area contributed by atoms with Crippen molar-refractivity contribution in [3.05, 3.63) is 78.0 Å². The number of methoxy groups -OCH3 is 1. The van der Waals surface area contributed by atoms with Gasteiger partial charge in [-0.2, -0.15) is 10.2 Å². The lowest BCUT2D eigenvalue weighted by molar-refractivity contribution is -0.120.